The first kappa shape index (κ1) is 107. The first-order chi connectivity index (χ1) is 52.9. The molecule has 0 aliphatic heterocycles. The lowest BCUT2D eigenvalue weighted by Crippen LogP contribution is -2.30. The molecule has 19 heteroatoms. The zero-order valence-electron chi connectivity index (χ0n) is 71.9. The van der Waals surface area contributed by atoms with Gasteiger partial charge in [-0.05, 0) is 37.5 Å². The van der Waals surface area contributed by atoms with Gasteiger partial charge in [-0.1, -0.05) is 433 Å². The standard InChI is InChI=1S/C90H176O17P2/c1-7-9-11-13-15-17-19-20-21-32-38-44-50-56-62-68-74-89(94)106-85(78-100-87(92)72-66-60-54-48-40-18-16-14-12-10-8-2)80-104-108(96,97)102-76-84(91)77-103-109(98,99)105-81-86(107-90(95)75-69-63-57-51-45-39-34-29-25-23-27-31-36-42-47-53-59-65-71-83(5)6)79-101-88(93)73-67-61-55-49-43-37-33-28-24-22-26-30-35-41-46-52-58-64-70-82(3)4/h82-86,91H,7-81H2,1-6H3,(H,96,97)(H,98,99)/t84-,85+,86+/m0/s1. The first-order valence-corrected chi connectivity index (χ1v) is 49.5. The molecule has 0 heterocycles. The van der Waals surface area contributed by atoms with Crippen molar-refractivity contribution in [3.05, 3.63) is 0 Å². The summed E-state index contributed by atoms with van der Waals surface area (Å²) in [7, 11) is -9.93. The van der Waals surface area contributed by atoms with Crippen LogP contribution in [0.3, 0.4) is 0 Å². The van der Waals surface area contributed by atoms with E-state index in [4.69, 9.17) is 37.0 Å². The molecule has 3 N–H and O–H groups in total. The molecule has 17 nitrogen and oxygen atoms in total. The van der Waals surface area contributed by atoms with Crippen LogP contribution in [0.2, 0.25) is 0 Å². The van der Waals surface area contributed by atoms with E-state index in [1.165, 1.54) is 302 Å². The molecule has 0 bridgehead atoms. The molecule has 0 spiro atoms. The quantitative estimate of drug-likeness (QED) is 0.0222. The van der Waals surface area contributed by atoms with Gasteiger partial charge in [0.2, 0.25) is 0 Å². The zero-order chi connectivity index (χ0) is 79.9. The normalized spacial score (nSPS) is 13.8. The second-order valence-electron chi connectivity index (χ2n) is 33.3. The molecule has 0 saturated carbocycles. The van der Waals surface area contributed by atoms with Gasteiger partial charge >= 0.3 is 39.5 Å². The van der Waals surface area contributed by atoms with Gasteiger partial charge in [0.1, 0.15) is 19.3 Å². The van der Waals surface area contributed by atoms with E-state index < -0.39 is 97.5 Å². The van der Waals surface area contributed by atoms with Crippen LogP contribution in [-0.4, -0.2) is 96.7 Å². The number of rotatable bonds is 89. The number of hydrogen-bond acceptors (Lipinski definition) is 15. The maximum atomic E-state index is 13.2. The van der Waals surface area contributed by atoms with E-state index in [2.05, 4.69) is 41.5 Å². The fraction of sp³-hybridized carbons (Fsp3) is 0.956. The number of unbranched alkanes of at least 4 members (excludes halogenated alkanes) is 59. The van der Waals surface area contributed by atoms with Crippen LogP contribution < -0.4 is 0 Å². The van der Waals surface area contributed by atoms with Gasteiger partial charge in [-0.15, -0.1) is 0 Å². The van der Waals surface area contributed by atoms with Gasteiger partial charge in [-0.3, -0.25) is 37.3 Å². The predicted molar refractivity (Wildman–Crippen MR) is 451 cm³/mol. The smallest absolute Gasteiger partial charge is 0.462 e. The van der Waals surface area contributed by atoms with Crippen LogP contribution in [0.1, 0.15) is 485 Å². The van der Waals surface area contributed by atoms with Crippen molar-refractivity contribution < 1.29 is 80.2 Å². The Morgan fingerprint density at radius 3 is 0.624 bits per heavy atom. The molecule has 0 aliphatic rings. The Labute approximate surface area is 670 Å². The molecule has 0 aromatic heterocycles. The van der Waals surface area contributed by atoms with Crippen LogP contribution in [0, 0.1) is 11.8 Å². The Morgan fingerprint density at radius 2 is 0.422 bits per heavy atom. The molecule has 0 rings (SSSR count). The lowest BCUT2D eigenvalue weighted by atomic mass is 10.0. The summed E-state index contributed by atoms with van der Waals surface area (Å²) >= 11 is 0. The summed E-state index contributed by atoms with van der Waals surface area (Å²) in [5.41, 5.74) is 0. The molecule has 0 aliphatic carbocycles. The summed E-state index contributed by atoms with van der Waals surface area (Å²) < 4.78 is 69.0. The molecule has 0 fully saturated rings. The van der Waals surface area contributed by atoms with Crippen molar-refractivity contribution in [2.75, 3.05) is 39.6 Å². The Bertz CT molecular complexity index is 2080. The molecule has 0 saturated heterocycles. The van der Waals surface area contributed by atoms with Crippen LogP contribution in [0.25, 0.3) is 0 Å². The molecule has 0 amide bonds. The number of aliphatic hydroxyl groups excluding tert-OH is 1. The Hall–Kier alpha value is -1.94. The van der Waals surface area contributed by atoms with Crippen LogP contribution in [0.15, 0.2) is 0 Å². The SMILES string of the molecule is CCCCCCCCCCCCCCCCCCC(=O)O[C@H](COC(=O)CCCCCCCCCCCCC)COP(=O)(O)OC[C@H](O)COP(=O)(O)OC[C@@H](COC(=O)CCCCCCCCCCCCCCCCCCCCC(C)C)OC(=O)CCCCCCCCCCCCCCCCCCCCC(C)C. The summed E-state index contributed by atoms with van der Waals surface area (Å²) in [6.45, 7) is 9.77. The third-order valence-electron chi connectivity index (χ3n) is 21.2. The van der Waals surface area contributed by atoms with E-state index in [9.17, 15) is 43.2 Å². The highest BCUT2D eigenvalue weighted by atomic mass is 31.2. The summed E-state index contributed by atoms with van der Waals surface area (Å²) in [6.07, 6.45) is 75.0. The number of phosphoric ester groups is 2. The molecule has 109 heavy (non-hydrogen) atoms. The van der Waals surface area contributed by atoms with Gasteiger partial charge < -0.3 is 33.8 Å². The van der Waals surface area contributed by atoms with E-state index >= 15 is 0 Å². The number of carbonyl (C=O) groups excluding carboxylic acids is 4. The van der Waals surface area contributed by atoms with Gasteiger partial charge in [0.05, 0.1) is 26.4 Å². The maximum Gasteiger partial charge on any atom is 0.472 e. The van der Waals surface area contributed by atoms with Crippen molar-refractivity contribution in [1.29, 1.82) is 0 Å². The van der Waals surface area contributed by atoms with Gasteiger partial charge in [0, 0.05) is 25.7 Å². The molecular formula is C90H176O17P2. The third-order valence-corrected chi connectivity index (χ3v) is 23.1. The first-order valence-electron chi connectivity index (χ1n) is 46.5. The van der Waals surface area contributed by atoms with E-state index in [0.717, 1.165) is 102 Å². The topological polar surface area (TPSA) is 237 Å². The monoisotopic (exact) mass is 1590 g/mol. The predicted octanol–water partition coefficient (Wildman–Crippen LogP) is 27.8. The number of ether oxygens (including phenoxy) is 4. The number of carbonyl (C=O) groups is 4. The van der Waals surface area contributed by atoms with E-state index in [0.29, 0.717) is 25.7 Å². The lowest BCUT2D eigenvalue weighted by molar-refractivity contribution is -0.161. The fourth-order valence-electron chi connectivity index (χ4n) is 14.1. The van der Waals surface area contributed by atoms with E-state index in [1.54, 1.807) is 0 Å². The number of phosphoric acid groups is 2. The minimum Gasteiger partial charge on any atom is -0.462 e. The average Bonchev–Trinajstić information content (AvgIpc) is 0.898. The van der Waals surface area contributed by atoms with Crippen molar-refractivity contribution in [1.82, 2.24) is 0 Å². The van der Waals surface area contributed by atoms with E-state index in [-0.39, 0.29) is 25.7 Å². The van der Waals surface area contributed by atoms with Crippen molar-refractivity contribution in [2.24, 2.45) is 11.8 Å². The minimum absolute atomic E-state index is 0.109. The largest absolute Gasteiger partial charge is 0.472 e. The second-order valence-corrected chi connectivity index (χ2v) is 36.2. The Morgan fingerprint density at radius 1 is 0.248 bits per heavy atom. The van der Waals surface area contributed by atoms with E-state index in [1.807, 2.05) is 0 Å². The number of hydrogen-bond donors (Lipinski definition) is 3. The third kappa shape index (κ3) is 83.8. The van der Waals surface area contributed by atoms with Crippen molar-refractivity contribution >= 4 is 39.5 Å². The molecule has 0 aromatic rings. The van der Waals surface area contributed by atoms with Crippen LogP contribution in [0.5, 0.6) is 0 Å². The van der Waals surface area contributed by atoms with Crippen molar-refractivity contribution in [3.8, 4) is 0 Å². The van der Waals surface area contributed by atoms with Gasteiger partial charge in [0.15, 0.2) is 12.2 Å². The van der Waals surface area contributed by atoms with Crippen LogP contribution in [-0.2, 0) is 65.4 Å². The average molecular weight is 1590 g/mol. The van der Waals surface area contributed by atoms with Crippen molar-refractivity contribution in [3.63, 3.8) is 0 Å². The summed E-state index contributed by atoms with van der Waals surface area (Å²) in [5.74, 6) is -0.452. The minimum atomic E-state index is -4.97. The maximum absolute atomic E-state index is 13.2. The van der Waals surface area contributed by atoms with Crippen LogP contribution >= 0.6 is 15.6 Å². The summed E-state index contributed by atoms with van der Waals surface area (Å²) in [6, 6.07) is 0. The second kappa shape index (κ2) is 81.2. The summed E-state index contributed by atoms with van der Waals surface area (Å²) in [5, 5.41) is 10.7. The molecule has 2 unspecified atom stereocenters. The Kier molecular flexibility index (Phi) is 79.8. The highest BCUT2D eigenvalue weighted by Crippen LogP contribution is 2.45. The van der Waals surface area contributed by atoms with Gasteiger partial charge in [-0.2, -0.15) is 0 Å². The molecule has 648 valence electrons. The molecule has 0 radical (unpaired) electrons. The fourth-order valence-corrected chi connectivity index (χ4v) is 15.7. The highest BCUT2D eigenvalue weighted by molar-refractivity contribution is 7.47. The molecule has 5 atom stereocenters. The lowest BCUT2D eigenvalue weighted by Gasteiger charge is -2.21. The van der Waals surface area contributed by atoms with Crippen molar-refractivity contribution in [2.45, 2.75) is 503 Å². The molecule has 0 aromatic carbocycles. The van der Waals surface area contributed by atoms with Crippen LogP contribution in [0.4, 0.5) is 0 Å². The summed E-state index contributed by atoms with van der Waals surface area (Å²) in [4.78, 5) is 73.4. The van der Waals surface area contributed by atoms with Gasteiger partial charge in [0.25, 0.3) is 0 Å². The van der Waals surface area contributed by atoms with Gasteiger partial charge in [-0.25, -0.2) is 9.13 Å². The molecular weight excluding hydrogens is 1410 g/mol. The zero-order valence-corrected chi connectivity index (χ0v) is 73.7. The highest BCUT2D eigenvalue weighted by Gasteiger charge is 2.31. The Balaban J connectivity index is 5.23. The number of esters is 4. The number of aliphatic hydroxyl groups is 1.